The lowest BCUT2D eigenvalue weighted by atomic mass is 10.2. The Labute approximate surface area is 223 Å². The van der Waals surface area contributed by atoms with Crippen molar-refractivity contribution in [1.29, 1.82) is 0 Å². The van der Waals surface area contributed by atoms with Crippen molar-refractivity contribution >= 4 is 63.2 Å². The molecule has 0 bridgehead atoms. The van der Waals surface area contributed by atoms with E-state index < -0.39 is 12.0 Å². The summed E-state index contributed by atoms with van der Waals surface area (Å²) in [6.07, 6.45) is -0.846. The van der Waals surface area contributed by atoms with Crippen LogP contribution in [0.5, 0.6) is 11.5 Å². The highest BCUT2D eigenvalue weighted by atomic mass is 35.5. The highest BCUT2D eigenvalue weighted by molar-refractivity contribution is 7.80. The summed E-state index contributed by atoms with van der Waals surface area (Å²) in [5, 5.41) is 15.7. The Balaban J connectivity index is 1.43. The number of nitrogens with zero attached hydrogens (tertiary/aromatic N) is 3. The van der Waals surface area contributed by atoms with E-state index in [2.05, 4.69) is 20.8 Å². The Kier molecular flexibility index (Phi) is 7.93. The number of amides is 1. The van der Waals surface area contributed by atoms with Crippen molar-refractivity contribution in [3.63, 3.8) is 0 Å². The number of benzene rings is 3. The Morgan fingerprint density at radius 1 is 1.08 bits per heavy atom. The van der Waals surface area contributed by atoms with Crippen LogP contribution >= 0.6 is 35.4 Å². The molecule has 0 spiro atoms. The molecule has 11 heteroatoms. The van der Waals surface area contributed by atoms with Gasteiger partial charge in [-0.15, -0.1) is 10.2 Å². The highest BCUT2D eigenvalue weighted by Gasteiger charge is 2.18. The number of hydrogen-bond acceptors (Lipinski definition) is 6. The summed E-state index contributed by atoms with van der Waals surface area (Å²) < 4.78 is 11.1. The second kappa shape index (κ2) is 11.1. The lowest BCUT2D eigenvalue weighted by molar-refractivity contribution is -0.125. The van der Waals surface area contributed by atoms with E-state index in [4.69, 9.17) is 44.9 Å². The Hall–Kier alpha value is -3.40. The van der Waals surface area contributed by atoms with Gasteiger partial charge >= 0.3 is 0 Å². The fourth-order valence-corrected chi connectivity index (χ4v) is 4.01. The van der Waals surface area contributed by atoms with Crippen LogP contribution in [0.25, 0.3) is 16.7 Å². The number of aryl methyl sites for hydroxylation is 1. The smallest absolute Gasteiger partial charge is 0.266 e. The predicted octanol–water partition coefficient (Wildman–Crippen LogP) is 5.71. The molecule has 0 saturated heterocycles. The molecule has 2 N–H and O–H groups in total. The van der Waals surface area contributed by atoms with Crippen LogP contribution in [0.1, 0.15) is 19.4 Å². The van der Waals surface area contributed by atoms with E-state index in [1.807, 2.05) is 50.2 Å². The fraction of sp³-hybridized carbons (Fsp3) is 0.200. The number of rotatable bonds is 7. The van der Waals surface area contributed by atoms with E-state index in [0.29, 0.717) is 33.6 Å². The van der Waals surface area contributed by atoms with E-state index in [1.54, 1.807) is 29.9 Å². The van der Waals surface area contributed by atoms with Crippen molar-refractivity contribution in [3.8, 4) is 17.2 Å². The van der Waals surface area contributed by atoms with Crippen LogP contribution in [-0.2, 0) is 4.79 Å². The van der Waals surface area contributed by atoms with E-state index >= 15 is 0 Å². The van der Waals surface area contributed by atoms with Crippen LogP contribution in [0.15, 0.2) is 54.6 Å². The Morgan fingerprint density at radius 2 is 1.78 bits per heavy atom. The fourth-order valence-electron chi connectivity index (χ4n) is 3.34. The first-order valence-electron chi connectivity index (χ1n) is 11.1. The number of halogens is 2. The van der Waals surface area contributed by atoms with E-state index in [-0.39, 0.29) is 5.11 Å². The number of ether oxygens (including phenoxy) is 2. The third-order valence-corrected chi connectivity index (χ3v) is 5.89. The molecule has 3 aromatic carbocycles. The second-order valence-electron chi connectivity index (χ2n) is 7.85. The number of fused-ring (bicyclic) bond motifs is 1. The van der Waals surface area contributed by atoms with Gasteiger partial charge in [0, 0.05) is 10.7 Å². The number of aromatic nitrogens is 3. The molecule has 4 aromatic rings. The van der Waals surface area contributed by atoms with Crippen molar-refractivity contribution in [2.45, 2.75) is 26.9 Å². The number of nitrogens with one attached hydrogen (secondary N) is 2. The van der Waals surface area contributed by atoms with Gasteiger partial charge in [0.25, 0.3) is 5.91 Å². The van der Waals surface area contributed by atoms with Crippen molar-refractivity contribution in [2.24, 2.45) is 0 Å². The number of carbonyl (C=O) groups excluding carboxylic acids is 1. The molecule has 0 saturated carbocycles. The average molecular weight is 544 g/mol. The molecular formula is C25H23Cl2N5O3S. The first-order chi connectivity index (χ1) is 17.2. The summed E-state index contributed by atoms with van der Waals surface area (Å²) >= 11 is 17.4. The van der Waals surface area contributed by atoms with Crippen molar-refractivity contribution < 1.29 is 14.3 Å². The zero-order chi connectivity index (χ0) is 25.8. The summed E-state index contributed by atoms with van der Waals surface area (Å²) in [5.74, 6) is 0.699. The quantitative estimate of drug-likeness (QED) is 0.288. The zero-order valence-corrected chi connectivity index (χ0v) is 22.0. The van der Waals surface area contributed by atoms with Gasteiger partial charge in [-0.3, -0.25) is 10.1 Å². The van der Waals surface area contributed by atoms with Gasteiger partial charge < -0.3 is 14.8 Å². The molecule has 0 fully saturated rings. The van der Waals surface area contributed by atoms with E-state index in [9.17, 15) is 4.79 Å². The third kappa shape index (κ3) is 6.04. The predicted molar refractivity (Wildman–Crippen MR) is 146 cm³/mol. The molecule has 0 aliphatic rings. The molecule has 0 aliphatic carbocycles. The summed E-state index contributed by atoms with van der Waals surface area (Å²) in [5.41, 5.74) is 3.78. The summed E-state index contributed by atoms with van der Waals surface area (Å²) in [6.45, 7) is 6.05. The summed E-state index contributed by atoms with van der Waals surface area (Å²) in [6, 6.07) is 16.0. The number of carbonyl (C=O) groups is 1. The first kappa shape index (κ1) is 25.7. The average Bonchev–Trinajstić information content (AvgIpc) is 3.24. The summed E-state index contributed by atoms with van der Waals surface area (Å²) in [7, 11) is 0. The molecule has 0 radical (unpaired) electrons. The minimum Gasteiger partial charge on any atom is -0.494 e. The van der Waals surface area contributed by atoms with Crippen molar-refractivity contribution in [2.75, 3.05) is 11.9 Å². The highest BCUT2D eigenvalue weighted by Crippen LogP contribution is 2.28. The van der Waals surface area contributed by atoms with Gasteiger partial charge in [-0.2, -0.15) is 4.80 Å². The van der Waals surface area contributed by atoms with E-state index in [0.717, 1.165) is 22.5 Å². The summed E-state index contributed by atoms with van der Waals surface area (Å²) in [4.78, 5) is 14.1. The molecule has 1 heterocycles. The van der Waals surface area contributed by atoms with Crippen molar-refractivity contribution in [1.82, 2.24) is 20.3 Å². The van der Waals surface area contributed by atoms with Gasteiger partial charge in [-0.25, -0.2) is 0 Å². The van der Waals surface area contributed by atoms with Crippen molar-refractivity contribution in [3.05, 3.63) is 70.2 Å². The number of hydrogen-bond donors (Lipinski definition) is 2. The molecule has 1 atom stereocenters. The van der Waals surface area contributed by atoms with Gasteiger partial charge in [0.15, 0.2) is 11.2 Å². The van der Waals surface area contributed by atoms with Crippen LogP contribution in [-0.4, -0.2) is 38.7 Å². The maximum atomic E-state index is 12.6. The minimum atomic E-state index is -0.846. The molecule has 1 amide bonds. The SMILES string of the molecule is CCOc1ccc(-n2nc3cc(C)c(NC(=S)NC(=O)C(C)Oc4ccc(Cl)cc4Cl)cc3n2)cc1. The first-order valence-corrected chi connectivity index (χ1v) is 12.2. The standard InChI is InChI=1S/C25H23Cl2N5O3S/c1-4-34-18-8-6-17(7-9-18)32-30-21-11-14(2)20(13-22(21)31-32)28-25(36)29-24(33)15(3)35-23-10-5-16(26)12-19(23)27/h5-13,15H,4H2,1-3H3,(H2,28,29,33,36). The molecule has 0 aliphatic heterocycles. The monoisotopic (exact) mass is 543 g/mol. The second-order valence-corrected chi connectivity index (χ2v) is 9.10. The molecule has 36 heavy (non-hydrogen) atoms. The topological polar surface area (TPSA) is 90.3 Å². The Bertz CT molecular complexity index is 1430. The largest absolute Gasteiger partial charge is 0.494 e. The van der Waals surface area contributed by atoms with Crippen LogP contribution < -0.4 is 20.1 Å². The van der Waals surface area contributed by atoms with Gasteiger partial charge in [0.2, 0.25) is 0 Å². The van der Waals surface area contributed by atoms with Gasteiger partial charge in [0.1, 0.15) is 22.5 Å². The molecule has 4 rings (SSSR count). The van der Waals surface area contributed by atoms with Crippen LogP contribution in [0.4, 0.5) is 5.69 Å². The van der Waals surface area contributed by atoms with E-state index in [1.165, 1.54) is 0 Å². The molecule has 8 nitrogen and oxygen atoms in total. The van der Waals surface area contributed by atoms with Crippen LogP contribution in [0.2, 0.25) is 10.0 Å². The van der Waals surface area contributed by atoms with Gasteiger partial charge in [-0.05, 0) is 93.1 Å². The zero-order valence-electron chi connectivity index (χ0n) is 19.7. The molecular weight excluding hydrogens is 521 g/mol. The van der Waals surface area contributed by atoms with Gasteiger partial charge in [0.05, 0.1) is 17.3 Å². The Morgan fingerprint density at radius 3 is 2.44 bits per heavy atom. The minimum absolute atomic E-state index is 0.124. The molecule has 1 unspecified atom stereocenters. The third-order valence-electron chi connectivity index (χ3n) is 5.16. The maximum absolute atomic E-state index is 12.6. The van der Waals surface area contributed by atoms with Crippen LogP contribution in [0.3, 0.4) is 0 Å². The maximum Gasteiger partial charge on any atom is 0.266 e. The lowest BCUT2D eigenvalue weighted by Crippen LogP contribution is -2.42. The molecule has 186 valence electrons. The molecule has 1 aromatic heterocycles. The normalized spacial score (nSPS) is 11.7. The lowest BCUT2D eigenvalue weighted by Gasteiger charge is -2.17. The number of thiocarbonyl (C=S) groups is 1. The van der Waals surface area contributed by atoms with Crippen LogP contribution in [0, 0.1) is 6.92 Å². The van der Waals surface area contributed by atoms with Gasteiger partial charge in [-0.1, -0.05) is 23.2 Å². The number of anilines is 1.